The minimum atomic E-state index is -0.939. The Bertz CT molecular complexity index is 386. The number of amides is 1. The summed E-state index contributed by atoms with van der Waals surface area (Å²) in [5, 5.41) is 12.5. The molecule has 1 aliphatic rings. The Labute approximate surface area is 119 Å². The van der Waals surface area contributed by atoms with Crippen molar-refractivity contribution in [2.24, 2.45) is 5.92 Å². The standard InChI is InChI=1S/C14H23NO5/c1-5-19-12(17)9-7-6-8-10(16)11(9)15-13(18)20-14(2,3)4/h6,8-11,16H,5,7H2,1-4H3,(H,15,18)/t9-,10-,11+/m0/s1. The number of hydrogen-bond acceptors (Lipinski definition) is 5. The lowest BCUT2D eigenvalue weighted by molar-refractivity contribution is -0.150. The number of allylic oxidation sites excluding steroid dienone is 1. The maximum Gasteiger partial charge on any atom is 0.407 e. The minimum Gasteiger partial charge on any atom is -0.466 e. The highest BCUT2D eigenvalue weighted by atomic mass is 16.6. The highest BCUT2D eigenvalue weighted by molar-refractivity contribution is 5.76. The van der Waals surface area contributed by atoms with Gasteiger partial charge in [-0.25, -0.2) is 4.79 Å². The third-order valence-electron chi connectivity index (χ3n) is 2.80. The number of esters is 1. The second kappa shape index (κ2) is 6.74. The van der Waals surface area contributed by atoms with Crippen LogP contribution in [0.15, 0.2) is 12.2 Å². The molecule has 3 atom stereocenters. The van der Waals surface area contributed by atoms with E-state index >= 15 is 0 Å². The lowest BCUT2D eigenvalue weighted by atomic mass is 9.87. The fourth-order valence-corrected chi connectivity index (χ4v) is 1.99. The second-order valence-corrected chi connectivity index (χ2v) is 5.69. The van der Waals surface area contributed by atoms with E-state index in [-0.39, 0.29) is 6.61 Å². The molecule has 0 unspecified atom stereocenters. The molecule has 1 rings (SSSR count). The van der Waals surface area contributed by atoms with Gasteiger partial charge < -0.3 is 19.9 Å². The Morgan fingerprint density at radius 1 is 1.40 bits per heavy atom. The first-order chi connectivity index (χ1) is 9.24. The summed E-state index contributed by atoms with van der Waals surface area (Å²) >= 11 is 0. The van der Waals surface area contributed by atoms with Gasteiger partial charge in [0, 0.05) is 0 Å². The van der Waals surface area contributed by atoms with E-state index in [1.54, 1.807) is 39.8 Å². The van der Waals surface area contributed by atoms with Crippen molar-refractivity contribution in [2.45, 2.75) is 51.9 Å². The van der Waals surface area contributed by atoms with E-state index in [2.05, 4.69) is 5.32 Å². The first-order valence-electron chi connectivity index (χ1n) is 6.75. The molecule has 0 aromatic carbocycles. The van der Waals surface area contributed by atoms with Crippen molar-refractivity contribution in [3.8, 4) is 0 Å². The Morgan fingerprint density at radius 3 is 2.60 bits per heavy atom. The molecule has 0 fully saturated rings. The van der Waals surface area contributed by atoms with E-state index in [9.17, 15) is 14.7 Å². The lowest BCUT2D eigenvalue weighted by Crippen LogP contribution is -2.52. The van der Waals surface area contributed by atoms with Crippen LogP contribution in [0.5, 0.6) is 0 Å². The van der Waals surface area contributed by atoms with Gasteiger partial charge in [0.1, 0.15) is 5.60 Å². The number of aliphatic hydroxyl groups excluding tert-OH is 1. The summed E-state index contributed by atoms with van der Waals surface area (Å²) < 4.78 is 10.1. The zero-order valence-electron chi connectivity index (χ0n) is 12.4. The van der Waals surface area contributed by atoms with Crippen LogP contribution in [-0.4, -0.2) is 41.5 Å². The van der Waals surface area contributed by atoms with Crippen LogP contribution in [0.3, 0.4) is 0 Å². The van der Waals surface area contributed by atoms with Crippen molar-refractivity contribution in [3.63, 3.8) is 0 Å². The van der Waals surface area contributed by atoms with Crippen LogP contribution in [-0.2, 0) is 14.3 Å². The van der Waals surface area contributed by atoms with Gasteiger partial charge in [-0.1, -0.05) is 12.2 Å². The number of hydrogen-bond donors (Lipinski definition) is 2. The summed E-state index contributed by atoms with van der Waals surface area (Å²) in [6, 6.07) is -0.742. The molecule has 6 heteroatoms. The summed E-state index contributed by atoms with van der Waals surface area (Å²) in [6.45, 7) is 7.20. The molecule has 2 N–H and O–H groups in total. The molecule has 1 aliphatic carbocycles. The Morgan fingerprint density at radius 2 is 2.05 bits per heavy atom. The molecule has 0 saturated carbocycles. The molecule has 0 saturated heterocycles. The zero-order chi connectivity index (χ0) is 15.3. The molecule has 0 spiro atoms. The van der Waals surface area contributed by atoms with Crippen molar-refractivity contribution in [3.05, 3.63) is 12.2 Å². The Hall–Kier alpha value is -1.56. The first-order valence-corrected chi connectivity index (χ1v) is 6.75. The number of carbonyl (C=O) groups is 2. The van der Waals surface area contributed by atoms with Crippen molar-refractivity contribution < 1.29 is 24.2 Å². The average Bonchev–Trinajstić information content (AvgIpc) is 2.29. The van der Waals surface area contributed by atoms with Gasteiger partial charge in [0.25, 0.3) is 0 Å². The molecule has 114 valence electrons. The quantitative estimate of drug-likeness (QED) is 0.604. The predicted octanol–water partition coefficient (Wildman–Crippen LogP) is 1.38. The summed E-state index contributed by atoms with van der Waals surface area (Å²) in [5.41, 5.74) is -0.640. The molecule has 6 nitrogen and oxygen atoms in total. The van der Waals surface area contributed by atoms with E-state index < -0.39 is 35.7 Å². The van der Waals surface area contributed by atoms with Gasteiger partial charge in [-0.15, -0.1) is 0 Å². The highest BCUT2D eigenvalue weighted by Crippen LogP contribution is 2.22. The molecule has 0 aromatic rings. The SMILES string of the molecule is CCOC(=O)[C@H]1CC=C[C@H](O)[C@@H]1NC(=O)OC(C)(C)C. The molecule has 0 bridgehead atoms. The fraction of sp³-hybridized carbons (Fsp3) is 0.714. The van der Waals surface area contributed by atoms with Gasteiger partial charge in [0.05, 0.1) is 24.7 Å². The van der Waals surface area contributed by atoms with Crippen LogP contribution in [0.25, 0.3) is 0 Å². The number of ether oxygens (including phenoxy) is 2. The molecule has 20 heavy (non-hydrogen) atoms. The van der Waals surface area contributed by atoms with Crippen molar-refractivity contribution in [1.82, 2.24) is 5.32 Å². The summed E-state index contributed by atoms with van der Waals surface area (Å²) in [4.78, 5) is 23.6. The van der Waals surface area contributed by atoms with E-state index in [1.807, 2.05) is 0 Å². The molecule has 0 radical (unpaired) electrons. The predicted molar refractivity (Wildman–Crippen MR) is 73.0 cm³/mol. The third-order valence-corrected chi connectivity index (χ3v) is 2.80. The van der Waals surface area contributed by atoms with Gasteiger partial charge in [-0.3, -0.25) is 4.79 Å². The number of aliphatic hydroxyl groups is 1. The normalized spacial score (nSPS) is 25.9. The van der Waals surface area contributed by atoms with E-state index in [0.717, 1.165) is 0 Å². The largest absolute Gasteiger partial charge is 0.466 e. The summed E-state index contributed by atoms with van der Waals surface area (Å²) in [7, 11) is 0. The fourth-order valence-electron chi connectivity index (χ4n) is 1.99. The minimum absolute atomic E-state index is 0.258. The first kappa shape index (κ1) is 16.5. The van der Waals surface area contributed by atoms with Crippen LogP contribution >= 0.6 is 0 Å². The van der Waals surface area contributed by atoms with Crippen LogP contribution in [0.4, 0.5) is 4.79 Å². The number of alkyl carbamates (subject to hydrolysis) is 1. The van der Waals surface area contributed by atoms with Gasteiger partial charge in [0.2, 0.25) is 0 Å². The topological polar surface area (TPSA) is 84.9 Å². The van der Waals surface area contributed by atoms with E-state index in [0.29, 0.717) is 6.42 Å². The third kappa shape index (κ3) is 4.85. The Kier molecular flexibility index (Phi) is 5.56. The molecule has 1 amide bonds. The zero-order valence-corrected chi connectivity index (χ0v) is 12.4. The highest BCUT2D eigenvalue weighted by Gasteiger charge is 2.37. The maximum atomic E-state index is 11.9. The number of rotatable bonds is 3. The van der Waals surface area contributed by atoms with Crippen LogP contribution in [0, 0.1) is 5.92 Å². The van der Waals surface area contributed by atoms with Crippen molar-refractivity contribution in [2.75, 3.05) is 6.61 Å². The van der Waals surface area contributed by atoms with Crippen LogP contribution in [0.1, 0.15) is 34.1 Å². The van der Waals surface area contributed by atoms with Crippen molar-refractivity contribution >= 4 is 12.1 Å². The van der Waals surface area contributed by atoms with Crippen molar-refractivity contribution in [1.29, 1.82) is 0 Å². The van der Waals surface area contributed by atoms with Gasteiger partial charge in [0.15, 0.2) is 0 Å². The molecule has 0 aromatic heterocycles. The second-order valence-electron chi connectivity index (χ2n) is 5.69. The Balaban J connectivity index is 2.74. The molecular weight excluding hydrogens is 262 g/mol. The van der Waals surface area contributed by atoms with E-state index in [1.165, 1.54) is 0 Å². The lowest BCUT2D eigenvalue weighted by Gasteiger charge is -2.32. The van der Waals surface area contributed by atoms with Gasteiger partial charge in [-0.2, -0.15) is 0 Å². The molecular formula is C14H23NO5. The smallest absolute Gasteiger partial charge is 0.407 e. The number of carbonyl (C=O) groups excluding carboxylic acids is 2. The molecule has 0 heterocycles. The van der Waals surface area contributed by atoms with Gasteiger partial charge in [-0.05, 0) is 34.1 Å². The van der Waals surface area contributed by atoms with Crippen LogP contribution < -0.4 is 5.32 Å². The van der Waals surface area contributed by atoms with Gasteiger partial charge >= 0.3 is 12.1 Å². The average molecular weight is 285 g/mol. The molecule has 0 aliphatic heterocycles. The number of nitrogens with one attached hydrogen (secondary N) is 1. The monoisotopic (exact) mass is 285 g/mol. The van der Waals surface area contributed by atoms with E-state index in [4.69, 9.17) is 9.47 Å². The summed E-state index contributed by atoms with van der Waals surface area (Å²) in [5.74, 6) is -1.04. The maximum absolute atomic E-state index is 11.9. The van der Waals surface area contributed by atoms with Crippen LogP contribution in [0.2, 0.25) is 0 Å². The summed E-state index contributed by atoms with van der Waals surface area (Å²) in [6.07, 6.45) is 2.07.